The number of carbonyl (C=O) groups excluding carboxylic acids is 1. The Kier molecular flexibility index (Phi) is 3.13. The van der Waals surface area contributed by atoms with Gasteiger partial charge in [-0.1, -0.05) is 0 Å². The molecule has 0 aromatic carbocycles. The van der Waals surface area contributed by atoms with Crippen LogP contribution in [0.25, 0.3) is 5.65 Å². The minimum absolute atomic E-state index is 0. The van der Waals surface area contributed by atoms with E-state index >= 15 is 0 Å². The maximum atomic E-state index is 10.7. The molecule has 17 heavy (non-hydrogen) atoms. The Morgan fingerprint density at radius 2 is 2.29 bits per heavy atom. The molecule has 0 unspecified atom stereocenters. The Hall–Kier alpha value is -1.46. The molecule has 0 saturated carbocycles. The second-order valence-corrected chi connectivity index (χ2v) is 4.19. The normalized spacial score (nSPS) is 15.4. The summed E-state index contributed by atoms with van der Waals surface area (Å²) in [4.78, 5) is 17.2. The molecule has 0 bridgehead atoms. The van der Waals surface area contributed by atoms with Crippen LogP contribution in [-0.2, 0) is 13.0 Å². The van der Waals surface area contributed by atoms with E-state index in [0.29, 0.717) is 5.56 Å². The molecule has 0 N–H and O–H groups in total. The summed E-state index contributed by atoms with van der Waals surface area (Å²) in [6.45, 7) is 1.91. The van der Waals surface area contributed by atoms with Gasteiger partial charge in [-0.25, -0.2) is 9.50 Å². The van der Waals surface area contributed by atoms with Crippen LogP contribution >= 0.6 is 12.4 Å². The van der Waals surface area contributed by atoms with E-state index in [9.17, 15) is 4.79 Å². The summed E-state index contributed by atoms with van der Waals surface area (Å²) >= 11 is 0. The average Bonchev–Trinajstić information content (AvgIpc) is 2.66. The van der Waals surface area contributed by atoms with Gasteiger partial charge in [0.05, 0.1) is 11.3 Å². The van der Waals surface area contributed by atoms with Crippen molar-refractivity contribution in [2.24, 2.45) is 0 Å². The summed E-state index contributed by atoms with van der Waals surface area (Å²) < 4.78 is 1.72. The Morgan fingerprint density at radius 1 is 1.47 bits per heavy atom. The van der Waals surface area contributed by atoms with Gasteiger partial charge >= 0.3 is 0 Å². The third-order valence-electron chi connectivity index (χ3n) is 2.97. The molecular formula is C11H13ClN4O. The summed E-state index contributed by atoms with van der Waals surface area (Å²) in [6.07, 6.45) is 5.07. The highest BCUT2D eigenvalue weighted by Crippen LogP contribution is 2.20. The fourth-order valence-electron chi connectivity index (χ4n) is 2.11. The first kappa shape index (κ1) is 12.0. The molecule has 5 nitrogen and oxygen atoms in total. The molecule has 2 aromatic heterocycles. The molecular weight excluding hydrogens is 240 g/mol. The third kappa shape index (κ3) is 1.92. The van der Waals surface area contributed by atoms with Gasteiger partial charge in [0.1, 0.15) is 0 Å². The first-order valence-electron chi connectivity index (χ1n) is 5.28. The van der Waals surface area contributed by atoms with Gasteiger partial charge in [0.25, 0.3) is 0 Å². The van der Waals surface area contributed by atoms with Crippen molar-refractivity contribution in [2.45, 2.75) is 13.0 Å². The van der Waals surface area contributed by atoms with Crippen LogP contribution in [0.5, 0.6) is 0 Å². The van der Waals surface area contributed by atoms with Crippen molar-refractivity contribution in [1.29, 1.82) is 0 Å². The Balaban J connectivity index is 0.00000108. The number of hydrogen-bond donors (Lipinski definition) is 0. The molecule has 0 radical (unpaired) electrons. The summed E-state index contributed by atoms with van der Waals surface area (Å²) in [5.41, 5.74) is 3.72. The highest BCUT2D eigenvalue weighted by atomic mass is 35.5. The van der Waals surface area contributed by atoms with Crippen LogP contribution in [0, 0.1) is 0 Å². The molecule has 3 heterocycles. The minimum atomic E-state index is 0. The van der Waals surface area contributed by atoms with E-state index in [2.05, 4.69) is 22.0 Å². The lowest BCUT2D eigenvalue weighted by Crippen LogP contribution is -2.26. The number of likely N-dealkylation sites (N-methyl/N-ethyl adjacent to an activating group) is 1. The number of aromatic nitrogens is 3. The first-order valence-corrected chi connectivity index (χ1v) is 5.28. The molecule has 1 aliphatic rings. The Morgan fingerprint density at radius 3 is 3.06 bits per heavy atom. The predicted octanol–water partition coefficient (Wildman–Crippen LogP) is 0.951. The Labute approximate surface area is 105 Å². The van der Waals surface area contributed by atoms with Crippen LogP contribution in [0.3, 0.4) is 0 Å². The molecule has 0 fully saturated rings. The van der Waals surface area contributed by atoms with Gasteiger partial charge in [0.2, 0.25) is 0 Å². The average molecular weight is 253 g/mol. The van der Waals surface area contributed by atoms with Gasteiger partial charge in [-0.2, -0.15) is 5.10 Å². The highest BCUT2D eigenvalue weighted by Gasteiger charge is 2.20. The third-order valence-corrected chi connectivity index (χ3v) is 2.97. The maximum absolute atomic E-state index is 10.7. The van der Waals surface area contributed by atoms with Crippen LogP contribution in [0.1, 0.15) is 21.6 Å². The molecule has 0 saturated heterocycles. The summed E-state index contributed by atoms with van der Waals surface area (Å²) in [7, 11) is 2.09. The van der Waals surface area contributed by atoms with Crippen molar-refractivity contribution in [3.63, 3.8) is 0 Å². The van der Waals surface area contributed by atoms with E-state index < -0.39 is 0 Å². The van der Waals surface area contributed by atoms with Gasteiger partial charge in [-0.15, -0.1) is 12.4 Å². The molecule has 3 rings (SSSR count). The zero-order valence-electron chi connectivity index (χ0n) is 9.46. The number of fused-ring (bicyclic) bond motifs is 3. The van der Waals surface area contributed by atoms with Crippen LogP contribution in [0.4, 0.5) is 0 Å². The van der Waals surface area contributed by atoms with Crippen LogP contribution in [-0.4, -0.2) is 39.4 Å². The number of aldehydes is 1. The lowest BCUT2D eigenvalue weighted by Gasteiger charge is -2.20. The van der Waals surface area contributed by atoms with Crippen molar-refractivity contribution in [2.75, 3.05) is 13.6 Å². The number of nitrogens with zero attached hydrogens (tertiary/aromatic N) is 4. The molecule has 0 atom stereocenters. The highest BCUT2D eigenvalue weighted by molar-refractivity contribution is 5.85. The smallest absolute Gasteiger partial charge is 0.159 e. The zero-order valence-corrected chi connectivity index (χ0v) is 10.3. The second-order valence-electron chi connectivity index (χ2n) is 4.19. The van der Waals surface area contributed by atoms with Crippen molar-refractivity contribution < 1.29 is 4.79 Å². The first-order chi connectivity index (χ1) is 7.78. The quantitative estimate of drug-likeness (QED) is 0.709. The van der Waals surface area contributed by atoms with Crippen molar-refractivity contribution in [3.8, 4) is 0 Å². The SMILES string of the molecule is CN1CCc2nn3cc(C=O)cnc3c2C1.Cl. The molecule has 2 aromatic rings. The summed E-state index contributed by atoms with van der Waals surface area (Å²) in [5, 5.41) is 4.46. The largest absolute Gasteiger partial charge is 0.302 e. The molecule has 6 heteroatoms. The molecule has 90 valence electrons. The number of halogens is 1. The van der Waals surface area contributed by atoms with E-state index in [0.717, 1.165) is 37.1 Å². The van der Waals surface area contributed by atoms with E-state index in [1.165, 1.54) is 5.56 Å². The number of carbonyl (C=O) groups is 1. The van der Waals surface area contributed by atoms with Crippen molar-refractivity contribution in [3.05, 3.63) is 29.2 Å². The molecule has 0 amide bonds. The topological polar surface area (TPSA) is 50.5 Å². The lowest BCUT2D eigenvalue weighted by molar-refractivity contribution is 0.112. The van der Waals surface area contributed by atoms with E-state index in [-0.39, 0.29) is 12.4 Å². The van der Waals surface area contributed by atoms with E-state index in [1.54, 1.807) is 16.9 Å². The summed E-state index contributed by atoms with van der Waals surface area (Å²) in [5.74, 6) is 0. The van der Waals surface area contributed by atoms with Crippen LogP contribution < -0.4 is 0 Å². The van der Waals surface area contributed by atoms with E-state index in [1.807, 2.05) is 0 Å². The predicted molar refractivity (Wildman–Crippen MR) is 65.7 cm³/mol. The van der Waals surface area contributed by atoms with Crippen LogP contribution in [0.2, 0.25) is 0 Å². The molecule has 0 aliphatic carbocycles. The zero-order chi connectivity index (χ0) is 11.1. The van der Waals surface area contributed by atoms with Gasteiger partial charge in [0, 0.05) is 37.5 Å². The lowest BCUT2D eigenvalue weighted by atomic mass is 10.1. The molecule has 1 aliphatic heterocycles. The van der Waals surface area contributed by atoms with Gasteiger partial charge in [-0.05, 0) is 7.05 Å². The standard InChI is InChI=1S/C11H12N4O.ClH/c1-14-3-2-10-9(6-14)11-12-4-8(7-16)5-15(11)13-10;/h4-5,7H,2-3,6H2,1H3;1H. The fourth-order valence-corrected chi connectivity index (χ4v) is 2.11. The van der Waals surface area contributed by atoms with Crippen molar-refractivity contribution in [1.82, 2.24) is 19.5 Å². The van der Waals surface area contributed by atoms with Gasteiger partial charge in [0.15, 0.2) is 11.9 Å². The van der Waals surface area contributed by atoms with Gasteiger partial charge in [-0.3, -0.25) is 4.79 Å². The summed E-state index contributed by atoms with van der Waals surface area (Å²) in [6, 6.07) is 0. The van der Waals surface area contributed by atoms with Crippen molar-refractivity contribution >= 4 is 24.3 Å². The molecule has 0 spiro atoms. The van der Waals surface area contributed by atoms with E-state index in [4.69, 9.17) is 0 Å². The minimum Gasteiger partial charge on any atom is -0.302 e. The monoisotopic (exact) mass is 252 g/mol. The fraction of sp³-hybridized carbons (Fsp3) is 0.364. The number of hydrogen-bond acceptors (Lipinski definition) is 4. The Bertz CT molecular complexity index is 566. The second kappa shape index (κ2) is 4.43. The maximum Gasteiger partial charge on any atom is 0.159 e. The van der Waals surface area contributed by atoms with Gasteiger partial charge < -0.3 is 4.90 Å². The number of rotatable bonds is 1. The van der Waals surface area contributed by atoms with Crippen LogP contribution in [0.15, 0.2) is 12.4 Å².